The van der Waals surface area contributed by atoms with Crippen molar-refractivity contribution in [2.75, 3.05) is 0 Å². The Labute approximate surface area is 131 Å². The molecule has 4 nitrogen and oxygen atoms in total. The molecule has 0 aromatic heterocycles. The van der Waals surface area contributed by atoms with Gasteiger partial charge < -0.3 is 9.87 Å². The van der Waals surface area contributed by atoms with Crippen LogP contribution < -0.4 is 5.32 Å². The number of allylic oxidation sites excluding steroid dienone is 3. The Balaban J connectivity index is 1.74. The molecule has 4 unspecified atom stereocenters. The lowest BCUT2D eigenvalue weighted by Crippen LogP contribution is -2.32. The summed E-state index contributed by atoms with van der Waals surface area (Å²) in [5.74, 6) is 1.65. The van der Waals surface area contributed by atoms with E-state index < -0.39 is 11.1 Å². The first-order valence-corrected chi connectivity index (χ1v) is 8.39. The average molecular weight is 311 g/mol. The quantitative estimate of drug-likeness (QED) is 0.853. The molecular formula is C17H15N2O2S-. The third-order valence-corrected chi connectivity index (χ3v) is 5.12. The second kappa shape index (κ2) is 5.34. The lowest BCUT2D eigenvalue weighted by Gasteiger charge is -2.29. The first-order chi connectivity index (χ1) is 10.7. The molecule has 2 heterocycles. The van der Waals surface area contributed by atoms with Crippen LogP contribution in [0, 0.1) is 11.8 Å². The predicted molar refractivity (Wildman–Crippen MR) is 85.8 cm³/mol. The molecule has 0 amide bonds. The fourth-order valence-corrected chi connectivity index (χ4v) is 3.93. The molecule has 2 aliphatic heterocycles. The van der Waals surface area contributed by atoms with Crippen LogP contribution in [0.3, 0.4) is 0 Å². The van der Waals surface area contributed by atoms with Gasteiger partial charge in [0.15, 0.2) is 0 Å². The largest absolute Gasteiger partial charge is 0.768 e. The Hall–Kier alpha value is -1.98. The molecule has 0 spiro atoms. The summed E-state index contributed by atoms with van der Waals surface area (Å²) in [5.41, 5.74) is 2.13. The van der Waals surface area contributed by atoms with Crippen LogP contribution in [0.2, 0.25) is 0 Å². The second-order valence-electron chi connectivity index (χ2n) is 5.69. The summed E-state index contributed by atoms with van der Waals surface area (Å²) in [6.45, 7) is 0. The molecular weight excluding hydrogens is 296 g/mol. The Kier molecular flexibility index (Phi) is 3.32. The number of amidine groups is 1. The Bertz CT molecular complexity index is 764. The van der Waals surface area contributed by atoms with Crippen molar-refractivity contribution in [1.29, 1.82) is 0 Å². The van der Waals surface area contributed by atoms with Gasteiger partial charge >= 0.3 is 0 Å². The number of aliphatic imine (C=N–C) groups is 1. The summed E-state index contributed by atoms with van der Waals surface area (Å²) >= 11 is -2.21. The van der Waals surface area contributed by atoms with Gasteiger partial charge in [0, 0.05) is 16.7 Å². The van der Waals surface area contributed by atoms with Gasteiger partial charge in [-0.3, -0.25) is 9.20 Å². The zero-order valence-electron chi connectivity index (χ0n) is 11.8. The first kappa shape index (κ1) is 13.7. The summed E-state index contributed by atoms with van der Waals surface area (Å²) in [4.78, 5) is 5.09. The van der Waals surface area contributed by atoms with Gasteiger partial charge in [0.05, 0.1) is 6.04 Å². The maximum Gasteiger partial charge on any atom is 0.105 e. The first-order valence-electron chi connectivity index (χ1n) is 7.31. The van der Waals surface area contributed by atoms with Crippen LogP contribution >= 0.6 is 0 Å². The van der Waals surface area contributed by atoms with Gasteiger partial charge in [-0.15, -0.1) is 0 Å². The Morgan fingerprint density at radius 1 is 1.36 bits per heavy atom. The van der Waals surface area contributed by atoms with Crippen molar-refractivity contribution >= 4 is 22.5 Å². The number of hydrogen-bond donors (Lipinski definition) is 1. The zero-order chi connectivity index (χ0) is 15.1. The SMILES string of the molecule is O=S([O-])c1cccc(C2=CC=CC3N=C4NC=CCC4C23)c1. The van der Waals surface area contributed by atoms with E-state index in [9.17, 15) is 8.76 Å². The summed E-state index contributed by atoms with van der Waals surface area (Å²) in [6.07, 6.45) is 11.3. The van der Waals surface area contributed by atoms with Gasteiger partial charge in [0.1, 0.15) is 5.84 Å². The molecule has 4 rings (SSSR count). The van der Waals surface area contributed by atoms with E-state index in [1.807, 2.05) is 18.3 Å². The molecule has 0 saturated heterocycles. The van der Waals surface area contributed by atoms with Gasteiger partial charge in [0.25, 0.3) is 0 Å². The smallest absolute Gasteiger partial charge is 0.105 e. The van der Waals surface area contributed by atoms with Gasteiger partial charge in [-0.25, -0.2) is 0 Å². The zero-order valence-corrected chi connectivity index (χ0v) is 12.6. The van der Waals surface area contributed by atoms with Crippen molar-refractivity contribution in [1.82, 2.24) is 5.32 Å². The number of fused-ring (bicyclic) bond motifs is 3. The van der Waals surface area contributed by atoms with Gasteiger partial charge in [-0.05, 0) is 47.0 Å². The molecule has 1 aliphatic carbocycles. The lowest BCUT2D eigenvalue weighted by atomic mass is 9.75. The number of rotatable bonds is 2. The van der Waals surface area contributed by atoms with Crippen LogP contribution in [-0.4, -0.2) is 20.6 Å². The van der Waals surface area contributed by atoms with Crippen molar-refractivity contribution in [3.8, 4) is 0 Å². The number of nitrogens with zero attached hydrogens (tertiary/aromatic N) is 1. The van der Waals surface area contributed by atoms with Crippen LogP contribution in [0.4, 0.5) is 0 Å². The maximum absolute atomic E-state index is 11.2. The Morgan fingerprint density at radius 3 is 3.14 bits per heavy atom. The highest BCUT2D eigenvalue weighted by Gasteiger charge is 2.41. The van der Waals surface area contributed by atoms with E-state index in [0.717, 1.165) is 17.8 Å². The molecule has 1 aromatic rings. The van der Waals surface area contributed by atoms with Gasteiger partial charge in [0.2, 0.25) is 0 Å². The molecule has 0 radical (unpaired) electrons. The topological polar surface area (TPSA) is 64.5 Å². The number of nitrogens with one attached hydrogen (secondary N) is 1. The molecule has 5 heteroatoms. The van der Waals surface area contributed by atoms with E-state index in [1.165, 1.54) is 5.57 Å². The second-order valence-corrected chi connectivity index (χ2v) is 6.63. The average Bonchev–Trinajstić information content (AvgIpc) is 2.93. The summed E-state index contributed by atoms with van der Waals surface area (Å²) in [6, 6.07) is 7.27. The third-order valence-electron chi connectivity index (χ3n) is 4.48. The van der Waals surface area contributed by atoms with Crippen molar-refractivity contribution in [2.45, 2.75) is 17.4 Å². The molecule has 0 bridgehead atoms. The van der Waals surface area contributed by atoms with Gasteiger partial charge in [-0.2, -0.15) is 0 Å². The standard InChI is InChI=1S/C17H16N2O2S/c20-22(21)12-5-1-4-11(10-12)13-6-2-8-15-16(13)14-7-3-9-18-17(14)19-15/h1-6,8-10,14-16H,7H2,(H,18,19)(H,20,21)/p-1. The van der Waals surface area contributed by atoms with E-state index in [1.54, 1.807) is 18.2 Å². The summed E-state index contributed by atoms with van der Waals surface area (Å²) < 4.78 is 22.4. The maximum atomic E-state index is 11.2. The van der Waals surface area contributed by atoms with Gasteiger partial charge in [-0.1, -0.05) is 36.4 Å². The van der Waals surface area contributed by atoms with E-state index in [2.05, 4.69) is 23.5 Å². The van der Waals surface area contributed by atoms with Crippen LogP contribution in [0.15, 0.2) is 64.7 Å². The minimum absolute atomic E-state index is 0.133. The fourth-order valence-electron chi connectivity index (χ4n) is 3.52. The molecule has 112 valence electrons. The van der Waals surface area contributed by atoms with E-state index in [4.69, 9.17) is 4.99 Å². The van der Waals surface area contributed by atoms with Crippen LogP contribution in [-0.2, 0) is 11.1 Å². The molecule has 1 N–H and O–H groups in total. The lowest BCUT2D eigenvalue weighted by molar-refractivity contribution is 0.508. The van der Waals surface area contributed by atoms with E-state index in [0.29, 0.717) is 10.8 Å². The summed E-state index contributed by atoms with van der Waals surface area (Å²) in [7, 11) is 0. The van der Waals surface area contributed by atoms with Crippen LogP contribution in [0.25, 0.3) is 5.57 Å². The molecule has 4 atom stereocenters. The molecule has 1 aromatic carbocycles. The number of benzene rings is 1. The highest BCUT2D eigenvalue weighted by molar-refractivity contribution is 7.79. The van der Waals surface area contributed by atoms with E-state index >= 15 is 0 Å². The van der Waals surface area contributed by atoms with Crippen LogP contribution in [0.5, 0.6) is 0 Å². The monoisotopic (exact) mass is 311 g/mol. The minimum Gasteiger partial charge on any atom is -0.768 e. The molecule has 22 heavy (non-hydrogen) atoms. The van der Waals surface area contributed by atoms with Crippen molar-refractivity contribution in [3.63, 3.8) is 0 Å². The Morgan fingerprint density at radius 2 is 2.27 bits per heavy atom. The highest BCUT2D eigenvalue weighted by Crippen LogP contribution is 2.43. The van der Waals surface area contributed by atoms with Crippen molar-refractivity contribution < 1.29 is 8.76 Å². The minimum atomic E-state index is -2.21. The molecule has 3 aliphatic rings. The van der Waals surface area contributed by atoms with Crippen molar-refractivity contribution in [3.05, 3.63) is 60.3 Å². The van der Waals surface area contributed by atoms with E-state index in [-0.39, 0.29) is 12.0 Å². The highest BCUT2D eigenvalue weighted by atomic mass is 32.2. The molecule has 0 saturated carbocycles. The fraction of sp³-hybridized carbons (Fsp3) is 0.235. The normalized spacial score (nSPS) is 30.0. The summed E-state index contributed by atoms with van der Waals surface area (Å²) in [5, 5.41) is 3.25. The molecule has 0 fully saturated rings. The van der Waals surface area contributed by atoms with Crippen molar-refractivity contribution in [2.24, 2.45) is 16.8 Å². The van der Waals surface area contributed by atoms with Crippen LogP contribution in [0.1, 0.15) is 12.0 Å². The number of hydrogen-bond acceptors (Lipinski definition) is 4. The third kappa shape index (κ3) is 2.17. The predicted octanol–water partition coefficient (Wildman–Crippen LogP) is 2.40.